The van der Waals surface area contributed by atoms with Crippen molar-refractivity contribution in [1.29, 1.82) is 0 Å². The molecule has 0 bridgehead atoms. The molecule has 1 aromatic heterocycles. The second kappa shape index (κ2) is 7.64. The lowest BCUT2D eigenvalue weighted by Crippen LogP contribution is -2.46. The first-order valence-electron chi connectivity index (χ1n) is 8.04. The Hall–Kier alpha value is -3.76. The number of allylic oxidation sites excluding steroid dienone is 1. The van der Waals surface area contributed by atoms with Gasteiger partial charge in [-0.1, -0.05) is 12.1 Å². The van der Waals surface area contributed by atoms with Crippen LogP contribution in [0.15, 0.2) is 48.2 Å². The zero-order valence-electron chi connectivity index (χ0n) is 14.3. The van der Waals surface area contributed by atoms with Crippen LogP contribution in [0, 0.1) is 10.1 Å². The van der Waals surface area contributed by atoms with Crippen LogP contribution in [-0.4, -0.2) is 38.3 Å². The van der Waals surface area contributed by atoms with Gasteiger partial charge in [0.2, 0.25) is 0 Å². The molecule has 0 aliphatic carbocycles. The van der Waals surface area contributed by atoms with Crippen LogP contribution in [-0.2, 0) is 16.1 Å². The SMILES string of the molecule is CCOC(=O)C1=C(Cn2cncn2)NC(=O)N[C@@H]1c1cccc([N+](=O)[O-])c1. The number of carbonyl (C=O) groups excluding carboxylic acids is 2. The summed E-state index contributed by atoms with van der Waals surface area (Å²) in [7, 11) is 0. The average Bonchev–Trinajstić information content (AvgIpc) is 3.14. The molecule has 0 unspecified atom stereocenters. The van der Waals surface area contributed by atoms with Gasteiger partial charge in [0.25, 0.3) is 5.69 Å². The van der Waals surface area contributed by atoms with E-state index in [2.05, 4.69) is 20.7 Å². The average molecular weight is 372 g/mol. The third-order valence-corrected chi connectivity index (χ3v) is 3.85. The highest BCUT2D eigenvalue weighted by Crippen LogP contribution is 2.30. The fourth-order valence-corrected chi connectivity index (χ4v) is 2.74. The van der Waals surface area contributed by atoms with Gasteiger partial charge in [-0.3, -0.25) is 10.1 Å². The van der Waals surface area contributed by atoms with Crippen molar-refractivity contribution >= 4 is 17.7 Å². The lowest BCUT2D eigenvalue weighted by Gasteiger charge is -2.29. The van der Waals surface area contributed by atoms with Gasteiger partial charge in [-0.2, -0.15) is 5.10 Å². The highest BCUT2D eigenvalue weighted by molar-refractivity contribution is 5.95. The van der Waals surface area contributed by atoms with E-state index in [1.165, 1.54) is 35.5 Å². The normalized spacial score (nSPS) is 16.5. The summed E-state index contributed by atoms with van der Waals surface area (Å²) in [5.74, 6) is -0.642. The van der Waals surface area contributed by atoms with E-state index >= 15 is 0 Å². The van der Waals surface area contributed by atoms with Gasteiger partial charge in [-0.25, -0.2) is 19.3 Å². The second-order valence-corrected chi connectivity index (χ2v) is 5.59. The molecule has 2 heterocycles. The number of nitrogens with zero attached hydrogens (tertiary/aromatic N) is 4. The molecule has 1 atom stereocenters. The maximum absolute atomic E-state index is 12.6. The summed E-state index contributed by atoms with van der Waals surface area (Å²) in [6, 6.07) is 4.27. The molecule has 0 radical (unpaired) electrons. The highest BCUT2D eigenvalue weighted by Gasteiger charge is 2.34. The number of non-ortho nitro benzene ring substituents is 1. The van der Waals surface area contributed by atoms with Gasteiger partial charge in [0, 0.05) is 12.1 Å². The van der Waals surface area contributed by atoms with Crippen LogP contribution in [0.3, 0.4) is 0 Å². The van der Waals surface area contributed by atoms with E-state index in [0.29, 0.717) is 5.56 Å². The van der Waals surface area contributed by atoms with Crippen molar-refractivity contribution in [3.05, 3.63) is 63.9 Å². The monoisotopic (exact) mass is 372 g/mol. The van der Waals surface area contributed by atoms with Crippen molar-refractivity contribution in [3.8, 4) is 0 Å². The van der Waals surface area contributed by atoms with Gasteiger partial charge in [0.15, 0.2) is 0 Å². The van der Waals surface area contributed by atoms with Crippen molar-refractivity contribution < 1.29 is 19.2 Å². The van der Waals surface area contributed by atoms with Gasteiger partial charge in [-0.05, 0) is 12.5 Å². The standard InChI is InChI=1S/C16H16N6O5/c1-2-27-15(23)13-12(7-21-9-17-8-18-21)19-16(24)20-14(13)10-4-3-5-11(6-10)22(25)26/h3-6,8-9,14H,2,7H2,1H3,(H2,19,20,24)/t14-/m1/s1. The molecule has 2 aromatic rings. The fraction of sp³-hybridized carbons (Fsp3) is 0.250. The van der Waals surface area contributed by atoms with E-state index in [9.17, 15) is 19.7 Å². The number of nitrogens with one attached hydrogen (secondary N) is 2. The molecule has 140 valence electrons. The van der Waals surface area contributed by atoms with E-state index in [1.54, 1.807) is 13.0 Å². The molecule has 0 saturated carbocycles. The minimum atomic E-state index is -0.906. The van der Waals surface area contributed by atoms with Crippen LogP contribution >= 0.6 is 0 Å². The zero-order valence-corrected chi connectivity index (χ0v) is 14.3. The number of nitro benzene ring substituents is 1. The Morgan fingerprint density at radius 1 is 1.44 bits per heavy atom. The van der Waals surface area contributed by atoms with Gasteiger partial charge >= 0.3 is 12.0 Å². The summed E-state index contributed by atoms with van der Waals surface area (Å²) in [5.41, 5.74) is 0.658. The minimum absolute atomic E-state index is 0.0764. The molecule has 0 spiro atoms. The third-order valence-electron chi connectivity index (χ3n) is 3.85. The van der Waals surface area contributed by atoms with Crippen molar-refractivity contribution in [3.63, 3.8) is 0 Å². The summed E-state index contributed by atoms with van der Waals surface area (Å²) in [4.78, 5) is 39.1. The Balaban J connectivity index is 2.08. The number of carbonyl (C=O) groups is 2. The van der Waals surface area contributed by atoms with Crippen LogP contribution in [0.25, 0.3) is 0 Å². The largest absolute Gasteiger partial charge is 0.463 e. The number of urea groups is 1. The third kappa shape index (κ3) is 3.92. The van der Waals surface area contributed by atoms with Crippen LogP contribution in [0.4, 0.5) is 10.5 Å². The Morgan fingerprint density at radius 3 is 2.93 bits per heavy atom. The first kappa shape index (κ1) is 18.0. The second-order valence-electron chi connectivity index (χ2n) is 5.59. The van der Waals surface area contributed by atoms with E-state index in [1.807, 2.05) is 0 Å². The summed E-state index contributed by atoms with van der Waals surface area (Å²) in [6.45, 7) is 1.87. The molecule has 0 fully saturated rings. The molecule has 3 rings (SSSR count). The lowest BCUT2D eigenvalue weighted by atomic mass is 9.94. The smallest absolute Gasteiger partial charge is 0.338 e. The number of nitro groups is 1. The summed E-state index contributed by atoms with van der Waals surface area (Å²) in [6.07, 6.45) is 2.76. The number of rotatable bonds is 6. The van der Waals surface area contributed by atoms with E-state index in [0.717, 1.165) is 0 Å². The first-order valence-corrected chi connectivity index (χ1v) is 8.04. The van der Waals surface area contributed by atoms with Gasteiger partial charge in [0.1, 0.15) is 12.7 Å². The highest BCUT2D eigenvalue weighted by atomic mass is 16.6. The molecule has 1 aromatic carbocycles. The van der Waals surface area contributed by atoms with Crippen molar-refractivity contribution in [2.24, 2.45) is 0 Å². The number of amides is 2. The Bertz CT molecular complexity index is 908. The zero-order chi connectivity index (χ0) is 19.4. The van der Waals surface area contributed by atoms with Crippen molar-refractivity contribution in [2.45, 2.75) is 19.5 Å². The molecule has 11 nitrogen and oxygen atoms in total. The molecular weight excluding hydrogens is 356 g/mol. The summed E-state index contributed by atoms with van der Waals surface area (Å²) < 4.78 is 6.56. The van der Waals surface area contributed by atoms with Crippen LogP contribution < -0.4 is 10.6 Å². The predicted molar refractivity (Wildman–Crippen MR) is 91.2 cm³/mol. The van der Waals surface area contributed by atoms with Crippen LogP contribution in [0.1, 0.15) is 18.5 Å². The lowest BCUT2D eigenvalue weighted by molar-refractivity contribution is -0.384. The molecule has 2 N–H and O–H groups in total. The Kier molecular flexibility index (Phi) is 5.11. The fourth-order valence-electron chi connectivity index (χ4n) is 2.74. The summed E-state index contributed by atoms with van der Waals surface area (Å²) in [5, 5.41) is 20.3. The minimum Gasteiger partial charge on any atom is -0.463 e. The molecule has 1 aliphatic rings. The molecule has 27 heavy (non-hydrogen) atoms. The molecule has 0 saturated heterocycles. The Labute approximate surface area is 153 Å². The van der Waals surface area contributed by atoms with Crippen molar-refractivity contribution in [2.75, 3.05) is 6.61 Å². The number of hydrogen-bond acceptors (Lipinski definition) is 7. The van der Waals surface area contributed by atoms with Crippen molar-refractivity contribution in [1.82, 2.24) is 25.4 Å². The quantitative estimate of drug-likeness (QED) is 0.438. The van der Waals surface area contributed by atoms with Crippen LogP contribution in [0.5, 0.6) is 0 Å². The van der Waals surface area contributed by atoms with Gasteiger partial charge < -0.3 is 15.4 Å². The number of aromatic nitrogens is 3. The molecular formula is C16H16N6O5. The van der Waals surface area contributed by atoms with E-state index in [4.69, 9.17) is 4.74 Å². The topological polar surface area (TPSA) is 141 Å². The molecule has 11 heteroatoms. The number of hydrogen-bond donors (Lipinski definition) is 2. The van der Waals surface area contributed by atoms with Crippen LogP contribution in [0.2, 0.25) is 0 Å². The molecule has 1 aliphatic heterocycles. The number of benzene rings is 1. The van der Waals surface area contributed by atoms with Gasteiger partial charge in [0.05, 0.1) is 35.4 Å². The summed E-state index contributed by atoms with van der Waals surface area (Å²) >= 11 is 0. The van der Waals surface area contributed by atoms with E-state index in [-0.39, 0.29) is 30.1 Å². The Morgan fingerprint density at radius 2 is 2.26 bits per heavy atom. The molecule has 2 amide bonds. The first-order chi connectivity index (χ1) is 13.0. The van der Waals surface area contributed by atoms with E-state index < -0.39 is 23.0 Å². The number of esters is 1. The predicted octanol–water partition coefficient (Wildman–Crippen LogP) is 1.06. The number of ether oxygens (including phenoxy) is 1. The van der Waals surface area contributed by atoms with Gasteiger partial charge in [-0.15, -0.1) is 0 Å². The maximum Gasteiger partial charge on any atom is 0.338 e. The maximum atomic E-state index is 12.6.